The number of pyridine rings is 1. The van der Waals surface area contributed by atoms with Crippen LogP contribution in [0, 0.1) is 6.92 Å². The molecule has 1 aromatic heterocycles. The Labute approximate surface area is 98.8 Å². The third-order valence-corrected chi connectivity index (χ3v) is 2.54. The van der Waals surface area contributed by atoms with Crippen molar-refractivity contribution < 1.29 is 4.74 Å². The molecule has 0 atom stereocenters. The van der Waals surface area contributed by atoms with Gasteiger partial charge in [0.15, 0.2) is 0 Å². The first kappa shape index (κ1) is 10.8. The highest BCUT2D eigenvalue weighted by Crippen LogP contribution is 2.30. The van der Waals surface area contributed by atoms with E-state index in [9.17, 15) is 0 Å². The summed E-state index contributed by atoms with van der Waals surface area (Å²) in [6, 6.07) is 8.96. The van der Waals surface area contributed by atoms with Crippen LogP contribution in [0.25, 0.3) is 0 Å². The van der Waals surface area contributed by atoms with Gasteiger partial charge in [0.2, 0.25) is 5.88 Å². The van der Waals surface area contributed by atoms with Crippen molar-refractivity contribution in [3.8, 4) is 11.6 Å². The van der Waals surface area contributed by atoms with E-state index in [1.807, 2.05) is 25.1 Å². The fourth-order valence-electron chi connectivity index (χ4n) is 1.29. The van der Waals surface area contributed by atoms with Gasteiger partial charge in [0.1, 0.15) is 10.8 Å². The number of nitrogens with two attached hydrogens (primary N) is 1. The lowest BCUT2D eigenvalue weighted by Crippen LogP contribution is -1.94. The van der Waals surface area contributed by atoms with Crippen molar-refractivity contribution in [1.82, 2.24) is 4.98 Å². The maximum absolute atomic E-state index is 5.95. The standard InChI is InChI=1S/C12H11ClN2O/c1-8-10(14)5-2-6-11(8)16-12-9(13)4-3-7-15-12/h2-7H,14H2,1H3. The van der Waals surface area contributed by atoms with Crippen LogP contribution < -0.4 is 10.5 Å². The summed E-state index contributed by atoms with van der Waals surface area (Å²) in [5.74, 6) is 1.05. The van der Waals surface area contributed by atoms with Crippen LogP contribution in [0.5, 0.6) is 11.6 Å². The van der Waals surface area contributed by atoms with Gasteiger partial charge in [-0.15, -0.1) is 0 Å². The number of aromatic nitrogens is 1. The summed E-state index contributed by atoms with van der Waals surface area (Å²) in [6.07, 6.45) is 1.63. The number of hydrogen-bond donors (Lipinski definition) is 1. The second-order valence-corrected chi connectivity index (χ2v) is 3.77. The number of nitrogens with zero attached hydrogens (tertiary/aromatic N) is 1. The lowest BCUT2D eigenvalue weighted by Gasteiger charge is -2.09. The van der Waals surface area contributed by atoms with Crippen molar-refractivity contribution in [3.05, 3.63) is 47.1 Å². The SMILES string of the molecule is Cc1c(N)cccc1Oc1ncccc1Cl. The summed E-state index contributed by atoms with van der Waals surface area (Å²) in [4.78, 5) is 4.05. The zero-order chi connectivity index (χ0) is 11.5. The highest BCUT2D eigenvalue weighted by atomic mass is 35.5. The molecule has 2 N–H and O–H groups in total. The maximum atomic E-state index is 5.95. The van der Waals surface area contributed by atoms with Gasteiger partial charge < -0.3 is 10.5 Å². The number of ether oxygens (including phenoxy) is 1. The lowest BCUT2D eigenvalue weighted by atomic mass is 10.2. The summed E-state index contributed by atoms with van der Waals surface area (Å²) < 4.78 is 5.60. The summed E-state index contributed by atoms with van der Waals surface area (Å²) in [6.45, 7) is 1.89. The molecule has 4 heteroatoms. The average Bonchev–Trinajstić information content (AvgIpc) is 2.28. The van der Waals surface area contributed by atoms with Gasteiger partial charge in [0.25, 0.3) is 0 Å². The molecule has 0 aliphatic rings. The maximum Gasteiger partial charge on any atom is 0.238 e. The summed E-state index contributed by atoms with van der Waals surface area (Å²) in [7, 11) is 0. The smallest absolute Gasteiger partial charge is 0.238 e. The highest BCUT2D eigenvalue weighted by Gasteiger charge is 2.07. The molecule has 0 saturated heterocycles. The first-order chi connectivity index (χ1) is 7.68. The number of nitrogen functional groups attached to an aromatic ring is 1. The van der Waals surface area contributed by atoms with Crippen LogP contribution in [0.3, 0.4) is 0 Å². The monoisotopic (exact) mass is 234 g/mol. The number of benzene rings is 1. The van der Waals surface area contributed by atoms with Crippen LogP contribution in [0.15, 0.2) is 36.5 Å². The molecule has 0 fully saturated rings. The molecule has 0 radical (unpaired) electrons. The molecule has 16 heavy (non-hydrogen) atoms. The van der Waals surface area contributed by atoms with Crippen LogP contribution in [0.2, 0.25) is 5.02 Å². The number of anilines is 1. The number of rotatable bonds is 2. The van der Waals surface area contributed by atoms with Gasteiger partial charge in [0.05, 0.1) is 0 Å². The predicted molar refractivity (Wildman–Crippen MR) is 64.9 cm³/mol. The molecule has 0 aliphatic heterocycles. The minimum atomic E-state index is 0.387. The zero-order valence-electron chi connectivity index (χ0n) is 8.77. The van der Waals surface area contributed by atoms with Gasteiger partial charge in [0, 0.05) is 17.4 Å². The highest BCUT2D eigenvalue weighted by molar-refractivity contribution is 6.31. The van der Waals surface area contributed by atoms with E-state index >= 15 is 0 Å². The molecule has 1 heterocycles. The molecular formula is C12H11ClN2O. The Hall–Kier alpha value is -1.74. The molecule has 0 amide bonds. The van der Waals surface area contributed by atoms with Crippen molar-refractivity contribution in [3.63, 3.8) is 0 Å². The van der Waals surface area contributed by atoms with Crippen molar-refractivity contribution in [1.29, 1.82) is 0 Å². The van der Waals surface area contributed by atoms with Crippen LogP contribution >= 0.6 is 11.6 Å². The van der Waals surface area contributed by atoms with E-state index in [4.69, 9.17) is 22.1 Å². The lowest BCUT2D eigenvalue weighted by molar-refractivity contribution is 0.460. The molecule has 1 aromatic carbocycles. The fourth-order valence-corrected chi connectivity index (χ4v) is 1.45. The van der Waals surface area contributed by atoms with Crippen LogP contribution in [-0.4, -0.2) is 4.98 Å². The molecule has 82 valence electrons. The molecule has 0 aliphatic carbocycles. The predicted octanol–water partition coefficient (Wildman–Crippen LogP) is 3.42. The van der Waals surface area contributed by atoms with E-state index in [1.165, 1.54) is 0 Å². The van der Waals surface area contributed by atoms with Gasteiger partial charge in [-0.05, 0) is 31.2 Å². The summed E-state index contributed by atoms with van der Waals surface area (Å²) in [5, 5.41) is 0.476. The molecular weight excluding hydrogens is 224 g/mol. The van der Waals surface area contributed by atoms with E-state index < -0.39 is 0 Å². The van der Waals surface area contributed by atoms with E-state index in [0.717, 1.165) is 5.56 Å². The second kappa shape index (κ2) is 4.41. The van der Waals surface area contributed by atoms with Crippen LogP contribution in [0.1, 0.15) is 5.56 Å². The molecule has 0 bridgehead atoms. The topological polar surface area (TPSA) is 48.1 Å². The van der Waals surface area contributed by atoms with E-state index in [-0.39, 0.29) is 0 Å². The molecule has 2 aromatic rings. The van der Waals surface area contributed by atoms with Gasteiger partial charge in [-0.25, -0.2) is 4.98 Å². The van der Waals surface area contributed by atoms with Gasteiger partial charge in [-0.2, -0.15) is 0 Å². The van der Waals surface area contributed by atoms with E-state index in [2.05, 4.69) is 4.98 Å². The largest absolute Gasteiger partial charge is 0.437 e. The van der Waals surface area contributed by atoms with Crippen molar-refractivity contribution in [2.75, 3.05) is 5.73 Å². The Morgan fingerprint density at radius 3 is 2.81 bits per heavy atom. The van der Waals surface area contributed by atoms with Crippen LogP contribution in [-0.2, 0) is 0 Å². The Balaban J connectivity index is 2.35. The van der Waals surface area contributed by atoms with Crippen molar-refractivity contribution >= 4 is 17.3 Å². The number of halogens is 1. The first-order valence-corrected chi connectivity index (χ1v) is 5.20. The third kappa shape index (κ3) is 2.09. The summed E-state index contributed by atoms with van der Waals surface area (Å²) in [5.41, 5.74) is 7.34. The Kier molecular flexibility index (Phi) is 2.97. The first-order valence-electron chi connectivity index (χ1n) is 4.82. The van der Waals surface area contributed by atoms with E-state index in [0.29, 0.717) is 22.3 Å². The Morgan fingerprint density at radius 1 is 1.25 bits per heavy atom. The average molecular weight is 235 g/mol. The normalized spacial score (nSPS) is 10.1. The fraction of sp³-hybridized carbons (Fsp3) is 0.0833. The second-order valence-electron chi connectivity index (χ2n) is 3.36. The van der Waals surface area contributed by atoms with Crippen molar-refractivity contribution in [2.24, 2.45) is 0 Å². The molecule has 0 spiro atoms. The molecule has 0 saturated carbocycles. The minimum Gasteiger partial charge on any atom is -0.437 e. The molecule has 3 nitrogen and oxygen atoms in total. The van der Waals surface area contributed by atoms with Gasteiger partial charge >= 0.3 is 0 Å². The molecule has 2 rings (SSSR count). The van der Waals surface area contributed by atoms with Crippen molar-refractivity contribution in [2.45, 2.75) is 6.92 Å². The quantitative estimate of drug-likeness (QED) is 0.810. The zero-order valence-corrected chi connectivity index (χ0v) is 9.53. The Morgan fingerprint density at radius 2 is 2.06 bits per heavy atom. The summed E-state index contributed by atoms with van der Waals surface area (Å²) >= 11 is 5.95. The van der Waals surface area contributed by atoms with Gasteiger partial charge in [-0.1, -0.05) is 17.7 Å². The Bertz CT molecular complexity index is 514. The molecule has 0 unspecified atom stereocenters. The van der Waals surface area contributed by atoms with Gasteiger partial charge in [-0.3, -0.25) is 0 Å². The third-order valence-electron chi connectivity index (χ3n) is 2.26. The van der Waals surface area contributed by atoms with E-state index in [1.54, 1.807) is 18.3 Å². The van der Waals surface area contributed by atoms with Crippen LogP contribution in [0.4, 0.5) is 5.69 Å². The minimum absolute atomic E-state index is 0.387. The number of hydrogen-bond acceptors (Lipinski definition) is 3.